The zero-order valence-corrected chi connectivity index (χ0v) is 12.4. The van der Waals surface area contributed by atoms with Gasteiger partial charge in [-0.05, 0) is 18.9 Å². The van der Waals surface area contributed by atoms with Crippen LogP contribution in [-0.2, 0) is 9.53 Å². The number of carbonyl (C=O) groups is 1. The lowest BCUT2D eigenvalue weighted by Gasteiger charge is -2.39. The van der Waals surface area contributed by atoms with E-state index in [4.69, 9.17) is 9.84 Å². The van der Waals surface area contributed by atoms with Gasteiger partial charge in [-0.25, -0.2) is 0 Å². The van der Waals surface area contributed by atoms with E-state index in [-0.39, 0.29) is 12.2 Å². The Morgan fingerprint density at radius 1 is 1.10 bits per heavy atom. The Labute approximate surface area is 125 Å². The summed E-state index contributed by atoms with van der Waals surface area (Å²) in [6, 6.07) is 0. The van der Waals surface area contributed by atoms with Crippen LogP contribution >= 0.6 is 0 Å². The molecular formula is C15H26O6. The number of carbonyl (C=O) groups excluding carboxylic acids is 1. The zero-order chi connectivity index (χ0) is 15.8. The minimum Gasteiger partial charge on any atom is -0.394 e. The fraction of sp³-hybridized carbons (Fsp3) is 0.800. The molecule has 0 amide bonds. The molecule has 6 nitrogen and oxygen atoms in total. The molecule has 1 aliphatic rings. The van der Waals surface area contributed by atoms with Crippen LogP contribution in [-0.4, -0.2) is 63.3 Å². The number of ether oxygens (including phenoxy) is 1. The molecule has 0 aromatic heterocycles. The second kappa shape index (κ2) is 9.27. The minimum absolute atomic E-state index is 0.0915. The van der Waals surface area contributed by atoms with Crippen molar-refractivity contribution in [2.45, 2.75) is 69.5 Å². The van der Waals surface area contributed by atoms with Crippen LogP contribution in [0.15, 0.2) is 12.2 Å². The Hall–Kier alpha value is -0.790. The lowest BCUT2D eigenvalue weighted by molar-refractivity contribution is -0.229. The van der Waals surface area contributed by atoms with Gasteiger partial charge in [-0.3, -0.25) is 4.79 Å². The SMILES string of the molecule is CCCCC/C=C/C(=O)C[C@@H]1O[C@H](CO)[C@@H](O)[C@H](O)[C@@H]1O. The van der Waals surface area contributed by atoms with E-state index in [1.54, 1.807) is 6.08 Å². The van der Waals surface area contributed by atoms with Gasteiger partial charge >= 0.3 is 0 Å². The average Bonchev–Trinajstić information content (AvgIpc) is 2.47. The predicted octanol–water partition coefficient (Wildman–Crippen LogP) is -0.0755. The number of hydrogen-bond acceptors (Lipinski definition) is 6. The topological polar surface area (TPSA) is 107 Å². The molecule has 1 saturated heterocycles. The summed E-state index contributed by atoms with van der Waals surface area (Å²) in [5, 5.41) is 38.2. The third-order valence-corrected chi connectivity index (χ3v) is 3.67. The van der Waals surface area contributed by atoms with Gasteiger partial charge in [0.25, 0.3) is 0 Å². The Kier molecular flexibility index (Phi) is 8.06. The van der Waals surface area contributed by atoms with Crippen LogP contribution in [0, 0.1) is 0 Å². The Balaban J connectivity index is 2.47. The molecule has 1 rings (SSSR count). The van der Waals surface area contributed by atoms with Gasteiger partial charge < -0.3 is 25.2 Å². The third-order valence-electron chi connectivity index (χ3n) is 3.67. The highest BCUT2D eigenvalue weighted by Crippen LogP contribution is 2.23. The van der Waals surface area contributed by atoms with E-state index in [2.05, 4.69) is 6.92 Å². The van der Waals surface area contributed by atoms with Crippen LogP contribution in [0.1, 0.15) is 39.0 Å². The first-order valence-electron chi connectivity index (χ1n) is 7.51. The van der Waals surface area contributed by atoms with Crippen molar-refractivity contribution in [3.63, 3.8) is 0 Å². The number of aliphatic hydroxyl groups excluding tert-OH is 4. The average molecular weight is 302 g/mol. The Morgan fingerprint density at radius 2 is 1.76 bits per heavy atom. The van der Waals surface area contributed by atoms with E-state index < -0.39 is 37.1 Å². The lowest BCUT2D eigenvalue weighted by Crippen LogP contribution is -2.58. The summed E-state index contributed by atoms with van der Waals surface area (Å²) in [6.45, 7) is 1.62. The van der Waals surface area contributed by atoms with E-state index in [9.17, 15) is 20.1 Å². The molecule has 0 aromatic carbocycles. The second-order valence-electron chi connectivity index (χ2n) is 5.44. The largest absolute Gasteiger partial charge is 0.394 e. The van der Waals surface area contributed by atoms with Crippen molar-refractivity contribution in [2.75, 3.05) is 6.61 Å². The summed E-state index contributed by atoms with van der Waals surface area (Å²) in [7, 11) is 0. The van der Waals surface area contributed by atoms with Crippen LogP contribution in [0.4, 0.5) is 0 Å². The molecule has 4 N–H and O–H groups in total. The number of rotatable bonds is 8. The first kappa shape index (κ1) is 18.3. The summed E-state index contributed by atoms with van der Waals surface area (Å²) in [5.74, 6) is -0.212. The third kappa shape index (κ3) is 5.48. The van der Waals surface area contributed by atoms with Crippen molar-refractivity contribution in [2.24, 2.45) is 0 Å². The molecule has 0 saturated carbocycles. The molecule has 5 atom stereocenters. The number of allylic oxidation sites excluding steroid dienone is 2. The zero-order valence-electron chi connectivity index (χ0n) is 12.4. The van der Waals surface area contributed by atoms with E-state index in [1.807, 2.05) is 0 Å². The molecule has 0 aliphatic carbocycles. The van der Waals surface area contributed by atoms with E-state index >= 15 is 0 Å². The van der Waals surface area contributed by atoms with Crippen LogP contribution < -0.4 is 0 Å². The second-order valence-corrected chi connectivity index (χ2v) is 5.44. The molecule has 1 aliphatic heterocycles. The van der Waals surface area contributed by atoms with Gasteiger partial charge in [0, 0.05) is 6.42 Å². The number of hydrogen-bond donors (Lipinski definition) is 4. The predicted molar refractivity (Wildman–Crippen MR) is 76.7 cm³/mol. The summed E-state index contributed by atoms with van der Waals surface area (Å²) < 4.78 is 5.28. The first-order chi connectivity index (χ1) is 10.0. The van der Waals surface area contributed by atoms with Gasteiger partial charge in [0.15, 0.2) is 5.78 Å². The van der Waals surface area contributed by atoms with E-state index in [0.717, 1.165) is 25.7 Å². The van der Waals surface area contributed by atoms with Gasteiger partial charge in [0.05, 0.1) is 12.7 Å². The lowest BCUT2D eigenvalue weighted by atomic mass is 9.92. The molecule has 1 heterocycles. The highest BCUT2D eigenvalue weighted by atomic mass is 16.5. The van der Waals surface area contributed by atoms with Gasteiger partial charge in [-0.1, -0.05) is 25.8 Å². The van der Waals surface area contributed by atoms with Crippen molar-refractivity contribution in [3.8, 4) is 0 Å². The number of aliphatic hydroxyl groups is 4. The van der Waals surface area contributed by atoms with Crippen molar-refractivity contribution >= 4 is 5.78 Å². The number of ketones is 1. The summed E-state index contributed by atoms with van der Waals surface area (Å²) in [6.07, 6.45) is 1.20. The molecule has 21 heavy (non-hydrogen) atoms. The highest BCUT2D eigenvalue weighted by molar-refractivity contribution is 5.90. The maximum Gasteiger partial charge on any atom is 0.158 e. The normalized spacial score (nSPS) is 33.5. The molecule has 0 spiro atoms. The fourth-order valence-corrected chi connectivity index (χ4v) is 2.34. The van der Waals surface area contributed by atoms with Crippen LogP contribution in [0.2, 0.25) is 0 Å². The Morgan fingerprint density at radius 3 is 2.38 bits per heavy atom. The van der Waals surface area contributed by atoms with Gasteiger partial charge in [-0.15, -0.1) is 0 Å². The van der Waals surface area contributed by atoms with Gasteiger partial charge in [-0.2, -0.15) is 0 Å². The maximum atomic E-state index is 11.8. The van der Waals surface area contributed by atoms with Crippen LogP contribution in [0.25, 0.3) is 0 Å². The quantitative estimate of drug-likeness (QED) is 0.369. The van der Waals surface area contributed by atoms with E-state index in [0.29, 0.717) is 0 Å². The highest BCUT2D eigenvalue weighted by Gasteiger charge is 2.43. The standard InChI is InChI=1S/C15H26O6/c1-2-3-4-5-6-7-10(17)8-11-13(18)15(20)14(19)12(9-16)21-11/h6-7,11-16,18-20H,2-5,8-9H2,1H3/b7-6+/t11-,12+,13+,14+,15+/m0/s1. The molecular weight excluding hydrogens is 276 g/mol. The molecule has 0 aromatic rings. The molecule has 0 bridgehead atoms. The van der Waals surface area contributed by atoms with Crippen molar-refractivity contribution in [1.29, 1.82) is 0 Å². The summed E-state index contributed by atoms with van der Waals surface area (Å²) in [4.78, 5) is 11.8. The minimum atomic E-state index is -1.43. The Bertz CT molecular complexity index is 341. The monoisotopic (exact) mass is 302 g/mol. The van der Waals surface area contributed by atoms with Crippen molar-refractivity contribution in [3.05, 3.63) is 12.2 Å². The van der Waals surface area contributed by atoms with Crippen LogP contribution in [0.5, 0.6) is 0 Å². The molecule has 0 radical (unpaired) electrons. The molecule has 1 fully saturated rings. The first-order valence-corrected chi connectivity index (χ1v) is 7.51. The van der Waals surface area contributed by atoms with Gasteiger partial charge in [0.2, 0.25) is 0 Å². The fourth-order valence-electron chi connectivity index (χ4n) is 2.34. The number of unbranched alkanes of at least 4 members (excludes halogenated alkanes) is 3. The molecule has 122 valence electrons. The smallest absolute Gasteiger partial charge is 0.158 e. The van der Waals surface area contributed by atoms with E-state index in [1.165, 1.54) is 6.08 Å². The molecule has 0 unspecified atom stereocenters. The summed E-state index contributed by atoms with van der Waals surface area (Å²) >= 11 is 0. The van der Waals surface area contributed by atoms with Crippen molar-refractivity contribution < 1.29 is 30.0 Å². The summed E-state index contributed by atoms with van der Waals surface area (Å²) in [5.41, 5.74) is 0. The van der Waals surface area contributed by atoms with Crippen molar-refractivity contribution in [1.82, 2.24) is 0 Å². The maximum absolute atomic E-state index is 11.8. The molecule has 6 heteroatoms. The van der Waals surface area contributed by atoms with Crippen LogP contribution in [0.3, 0.4) is 0 Å². The van der Waals surface area contributed by atoms with Gasteiger partial charge in [0.1, 0.15) is 24.4 Å².